The minimum Gasteiger partial charge on any atom is -0.495 e. The predicted octanol–water partition coefficient (Wildman–Crippen LogP) is 4.12. The molecule has 3 rings (SSSR count). The number of anilines is 1. The second-order valence-electron chi connectivity index (χ2n) is 5.53. The van der Waals surface area contributed by atoms with Crippen LogP contribution in [-0.4, -0.2) is 20.1 Å². The van der Waals surface area contributed by atoms with Gasteiger partial charge in [0.2, 0.25) is 5.91 Å². The third-order valence-electron chi connectivity index (χ3n) is 3.85. The molecule has 27 heavy (non-hydrogen) atoms. The zero-order valence-corrected chi connectivity index (χ0v) is 15.4. The van der Waals surface area contributed by atoms with Crippen molar-refractivity contribution in [1.29, 1.82) is 0 Å². The molecule has 0 aliphatic rings. The lowest BCUT2D eigenvalue weighted by molar-refractivity contribution is -0.111. The number of carbonyl (C=O) groups is 1. The minimum atomic E-state index is -0.453. The molecule has 0 saturated heterocycles. The second kappa shape index (κ2) is 7.97. The molecule has 1 heterocycles. The Morgan fingerprint density at radius 2 is 1.89 bits per heavy atom. The van der Waals surface area contributed by atoms with E-state index < -0.39 is 5.91 Å². The zero-order valence-electron chi connectivity index (χ0n) is 14.6. The smallest absolute Gasteiger partial charge is 0.248 e. The molecule has 0 unspecified atom stereocenters. The van der Waals surface area contributed by atoms with Crippen molar-refractivity contribution in [2.24, 2.45) is 0 Å². The van der Waals surface area contributed by atoms with Crippen LogP contribution in [0, 0.1) is 0 Å². The predicted molar refractivity (Wildman–Crippen MR) is 105 cm³/mol. The molecule has 0 aliphatic heterocycles. The molecule has 3 aromatic rings. The molecule has 0 atom stereocenters. The van der Waals surface area contributed by atoms with E-state index in [0.717, 1.165) is 0 Å². The molecular formula is C20H16ClNO5. The van der Waals surface area contributed by atoms with Gasteiger partial charge in [-0.3, -0.25) is 9.59 Å². The van der Waals surface area contributed by atoms with Gasteiger partial charge in [-0.1, -0.05) is 23.7 Å². The van der Waals surface area contributed by atoms with Crippen LogP contribution in [0.1, 0.15) is 5.56 Å². The highest BCUT2D eigenvalue weighted by Crippen LogP contribution is 2.35. The first-order chi connectivity index (χ1) is 13.0. The molecule has 138 valence electrons. The Labute approximate surface area is 160 Å². The summed E-state index contributed by atoms with van der Waals surface area (Å²) in [6, 6.07) is 10.00. The van der Waals surface area contributed by atoms with E-state index in [0.29, 0.717) is 33.2 Å². The van der Waals surface area contributed by atoms with Crippen LogP contribution in [-0.2, 0) is 4.79 Å². The van der Waals surface area contributed by atoms with Gasteiger partial charge in [0.05, 0.1) is 35.9 Å². The highest BCUT2D eigenvalue weighted by atomic mass is 35.5. The maximum Gasteiger partial charge on any atom is 0.248 e. The fourth-order valence-corrected chi connectivity index (χ4v) is 2.74. The number of halogens is 1. The van der Waals surface area contributed by atoms with Crippen molar-refractivity contribution in [3.8, 4) is 11.5 Å². The van der Waals surface area contributed by atoms with Gasteiger partial charge in [-0.05, 0) is 18.2 Å². The van der Waals surface area contributed by atoms with E-state index in [1.165, 1.54) is 38.7 Å². The van der Waals surface area contributed by atoms with E-state index in [2.05, 4.69) is 5.32 Å². The normalized spacial score (nSPS) is 10.9. The highest BCUT2D eigenvalue weighted by Gasteiger charge is 2.12. The van der Waals surface area contributed by atoms with Crippen LogP contribution in [0.25, 0.3) is 17.0 Å². The summed E-state index contributed by atoms with van der Waals surface area (Å²) in [7, 11) is 2.93. The molecule has 0 spiro atoms. The summed E-state index contributed by atoms with van der Waals surface area (Å²) in [6.45, 7) is 0. The Morgan fingerprint density at radius 3 is 2.63 bits per heavy atom. The summed E-state index contributed by atoms with van der Waals surface area (Å²) in [6.07, 6.45) is 3.95. The van der Waals surface area contributed by atoms with E-state index in [1.54, 1.807) is 30.3 Å². The van der Waals surface area contributed by atoms with Gasteiger partial charge >= 0.3 is 0 Å². The third-order valence-corrected chi connectivity index (χ3v) is 4.15. The quantitative estimate of drug-likeness (QED) is 0.668. The van der Waals surface area contributed by atoms with Crippen LogP contribution < -0.4 is 20.2 Å². The topological polar surface area (TPSA) is 77.8 Å². The standard InChI is InChI=1S/C20H16ClNO5/c1-25-17-10-15(18(26-2)9-14(17)21)22-19(23)8-7-12-11-27-16-6-4-3-5-13(16)20(12)24/h3-11H,1-2H3,(H,22,23)/b8-7+. The first-order valence-corrected chi connectivity index (χ1v) is 8.32. The van der Waals surface area contributed by atoms with Gasteiger partial charge in [-0.2, -0.15) is 0 Å². The molecule has 1 N–H and O–H groups in total. The number of hydrogen-bond donors (Lipinski definition) is 1. The maximum atomic E-state index is 12.4. The number of ether oxygens (including phenoxy) is 2. The average Bonchev–Trinajstić information content (AvgIpc) is 2.68. The van der Waals surface area contributed by atoms with Gasteiger partial charge in [-0.25, -0.2) is 0 Å². The summed E-state index contributed by atoms with van der Waals surface area (Å²) in [5.41, 5.74) is 0.928. The number of para-hydroxylation sites is 1. The Bertz CT molecular complexity index is 1090. The molecule has 1 amide bonds. The SMILES string of the molecule is COc1cc(NC(=O)/C=C/c2coc3ccccc3c2=O)c(OC)cc1Cl. The van der Waals surface area contributed by atoms with Crippen LogP contribution in [0.4, 0.5) is 5.69 Å². The van der Waals surface area contributed by atoms with Crippen molar-refractivity contribution in [2.45, 2.75) is 0 Å². The fourth-order valence-electron chi connectivity index (χ4n) is 2.51. The molecule has 0 fully saturated rings. The van der Waals surface area contributed by atoms with Crippen molar-refractivity contribution in [3.63, 3.8) is 0 Å². The van der Waals surface area contributed by atoms with Gasteiger partial charge in [0, 0.05) is 18.2 Å². The lowest BCUT2D eigenvalue weighted by Crippen LogP contribution is -2.10. The summed E-state index contributed by atoms with van der Waals surface area (Å²) < 4.78 is 15.8. The van der Waals surface area contributed by atoms with Crippen molar-refractivity contribution in [3.05, 3.63) is 69.5 Å². The van der Waals surface area contributed by atoms with E-state index in [-0.39, 0.29) is 11.0 Å². The Kier molecular flexibility index (Phi) is 5.47. The van der Waals surface area contributed by atoms with E-state index in [9.17, 15) is 9.59 Å². The van der Waals surface area contributed by atoms with Crippen LogP contribution in [0.2, 0.25) is 5.02 Å². The molecular weight excluding hydrogens is 370 g/mol. The molecule has 0 radical (unpaired) electrons. The maximum absolute atomic E-state index is 12.4. The van der Waals surface area contributed by atoms with Crippen molar-refractivity contribution in [2.75, 3.05) is 19.5 Å². The number of rotatable bonds is 5. The zero-order chi connectivity index (χ0) is 19.4. The number of amides is 1. The van der Waals surface area contributed by atoms with Crippen LogP contribution in [0.5, 0.6) is 11.5 Å². The molecule has 2 aromatic carbocycles. The summed E-state index contributed by atoms with van der Waals surface area (Å²) >= 11 is 6.05. The molecule has 0 bridgehead atoms. The number of carbonyl (C=O) groups excluding carboxylic acids is 1. The van der Waals surface area contributed by atoms with Gasteiger partial charge in [0.1, 0.15) is 23.3 Å². The van der Waals surface area contributed by atoms with E-state index >= 15 is 0 Å². The van der Waals surface area contributed by atoms with Crippen molar-refractivity contribution < 1.29 is 18.7 Å². The van der Waals surface area contributed by atoms with Gasteiger partial charge < -0.3 is 19.2 Å². The summed E-state index contributed by atoms with van der Waals surface area (Å²) in [4.78, 5) is 24.7. The lowest BCUT2D eigenvalue weighted by atomic mass is 10.1. The fraction of sp³-hybridized carbons (Fsp3) is 0.100. The van der Waals surface area contributed by atoms with Crippen LogP contribution in [0.3, 0.4) is 0 Å². The summed E-state index contributed by atoms with van der Waals surface area (Å²) in [5, 5.41) is 3.47. The number of hydrogen-bond acceptors (Lipinski definition) is 5. The number of methoxy groups -OCH3 is 2. The largest absolute Gasteiger partial charge is 0.495 e. The highest BCUT2D eigenvalue weighted by molar-refractivity contribution is 6.32. The number of benzene rings is 2. The van der Waals surface area contributed by atoms with E-state index in [1.807, 2.05) is 0 Å². The first kappa shape index (κ1) is 18.5. The molecule has 6 nitrogen and oxygen atoms in total. The van der Waals surface area contributed by atoms with Crippen LogP contribution in [0.15, 0.2) is 57.9 Å². The van der Waals surface area contributed by atoms with Gasteiger partial charge in [0.25, 0.3) is 0 Å². The lowest BCUT2D eigenvalue weighted by Gasteiger charge is -2.12. The Hall–Kier alpha value is -3.25. The summed E-state index contributed by atoms with van der Waals surface area (Å²) in [5.74, 6) is 0.324. The third kappa shape index (κ3) is 3.96. The first-order valence-electron chi connectivity index (χ1n) is 7.94. The van der Waals surface area contributed by atoms with Crippen LogP contribution >= 0.6 is 11.6 Å². The van der Waals surface area contributed by atoms with Crippen molar-refractivity contribution >= 4 is 40.2 Å². The minimum absolute atomic E-state index is 0.216. The van der Waals surface area contributed by atoms with Gasteiger partial charge in [-0.15, -0.1) is 0 Å². The van der Waals surface area contributed by atoms with Crippen molar-refractivity contribution in [1.82, 2.24) is 0 Å². The van der Waals surface area contributed by atoms with Gasteiger partial charge in [0.15, 0.2) is 5.43 Å². The average molecular weight is 386 g/mol. The monoisotopic (exact) mass is 385 g/mol. The molecule has 7 heteroatoms. The van der Waals surface area contributed by atoms with E-state index in [4.69, 9.17) is 25.5 Å². The molecule has 0 aliphatic carbocycles. The molecule has 1 aromatic heterocycles. The number of nitrogens with one attached hydrogen (secondary N) is 1. The Morgan fingerprint density at radius 1 is 1.15 bits per heavy atom. The molecule has 0 saturated carbocycles. The second-order valence-corrected chi connectivity index (χ2v) is 5.93. The number of fused-ring (bicyclic) bond motifs is 1. The Balaban J connectivity index is 1.84.